The molecule has 2 heterocycles. The molecule has 1 saturated heterocycles. The zero-order chi connectivity index (χ0) is 41.8. The topological polar surface area (TPSA) is 141 Å². The van der Waals surface area contributed by atoms with Crippen molar-refractivity contribution < 1.29 is 33.6 Å². The van der Waals surface area contributed by atoms with E-state index in [1.54, 1.807) is 14.2 Å². The first-order valence-corrected chi connectivity index (χ1v) is 21.4. The van der Waals surface area contributed by atoms with E-state index in [1.807, 2.05) is 140 Å². The van der Waals surface area contributed by atoms with Crippen LogP contribution in [0.2, 0.25) is 5.04 Å². The van der Waals surface area contributed by atoms with Gasteiger partial charge in [0.1, 0.15) is 35.9 Å². The molecule has 1 aliphatic rings. The summed E-state index contributed by atoms with van der Waals surface area (Å²) in [4.78, 5) is 28.1. The number of benzene rings is 5. The molecule has 59 heavy (non-hydrogen) atoms. The van der Waals surface area contributed by atoms with Crippen LogP contribution in [0.1, 0.15) is 55.9 Å². The molecular formula is C47H50N2O9Si. The number of nitrogens with zero attached hydrogens (tertiary/aromatic N) is 1. The van der Waals surface area contributed by atoms with E-state index >= 15 is 0 Å². The lowest BCUT2D eigenvalue weighted by Gasteiger charge is -2.49. The van der Waals surface area contributed by atoms with E-state index in [4.69, 9.17) is 23.4 Å². The van der Waals surface area contributed by atoms with Crippen molar-refractivity contribution in [1.29, 1.82) is 0 Å². The Morgan fingerprint density at radius 1 is 0.729 bits per heavy atom. The Labute approximate surface area is 344 Å². The number of aromatic nitrogens is 2. The summed E-state index contributed by atoms with van der Waals surface area (Å²) in [6, 6.07) is 45.4. The highest BCUT2D eigenvalue weighted by molar-refractivity contribution is 6.99. The third-order valence-corrected chi connectivity index (χ3v) is 16.2. The van der Waals surface area contributed by atoms with E-state index in [2.05, 4.69) is 25.8 Å². The van der Waals surface area contributed by atoms with Crippen LogP contribution in [0.5, 0.6) is 11.5 Å². The largest absolute Gasteiger partial charge is 0.497 e. The number of methoxy groups -OCH3 is 2. The zero-order valence-electron chi connectivity index (χ0n) is 33.7. The summed E-state index contributed by atoms with van der Waals surface area (Å²) in [5, 5.41) is 26.2. The summed E-state index contributed by atoms with van der Waals surface area (Å²) < 4.78 is 34.2. The standard InChI is InChI=1S/C47H50N2O9Si/c1-46(2,3)59(37-17-11-7-12-18-37,38-19-13-8-14-20-38)58-43-40(52)44(49-30-29-39(51)48-45(49)53)57-47(43,31-50)42(34-15-9-6-10-16-34)56-41(32-21-25-35(54-4)26-22-32)33-23-27-36(55-5)28-24-33/h6-30,40-44,50,52H,31H2,1-5H3,(H,48,51,53). The average Bonchev–Trinajstić information content (AvgIpc) is 3.54. The molecule has 0 aliphatic carbocycles. The molecule has 5 unspecified atom stereocenters. The van der Waals surface area contributed by atoms with Gasteiger partial charge in [0.25, 0.3) is 13.9 Å². The Hall–Kier alpha value is -5.60. The molecule has 11 nitrogen and oxygen atoms in total. The molecule has 0 bridgehead atoms. The molecule has 7 rings (SSSR count). The van der Waals surface area contributed by atoms with E-state index in [0.29, 0.717) is 17.1 Å². The zero-order valence-corrected chi connectivity index (χ0v) is 34.7. The Morgan fingerprint density at radius 3 is 1.66 bits per heavy atom. The molecular weight excluding hydrogens is 765 g/mol. The molecule has 306 valence electrons. The highest BCUT2D eigenvalue weighted by atomic mass is 28.4. The maximum Gasteiger partial charge on any atom is 0.330 e. The van der Waals surface area contributed by atoms with Crippen LogP contribution < -0.4 is 31.1 Å². The number of aliphatic hydroxyl groups is 2. The van der Waals surface area contributed by atoms with Gasteiger partial charge in [0, 0.05) is 12.3 Å². The molecule has 0 spiro atoms. The fourth-order valence-electron chi connectivity index (χ4n) is 8.27. The number of ether oxygens (including phenoxy) is 4. The molecule has 0 amide bonds. The smallest absolute Gasteiger partial charge is 0.330 e. The van der Waals surface area contributed by atoms with Crippen LogP contribution in [0.15, 0.2) is 161 Å². The summed E-state index contributed by atoms with van der Waals surface area (Å²) in [5.74, 6) is 1.31. The van der Waals surface area contributed by atoms with E-state index in [-0.39, 0.29) is 0 Å². The molecule has 6 aromatic rings. The molecule has 0 radical (unpaired) electrons. The number of hydrogen-bond acceptors (Lipinski definition) is 9. The number of nitrogens with one attached hydrogen (secondary N) is 1. The quantitative estimate of drug-likeness (QED) is 0.119. The summed E-state index contributed by atoms with van der Waals surface area (Å²) in [5.41, 5.74) is -1.15. The second kappa shape index (κ2) is 17.3. The molecule has 5 atom stereocenters. The van der Waals surface area contributed by atoms with Crippen molar-refractivity contribution in [3.05, 3.63) is 189 Å². The number of aromatic amines is 1. The maximum absolute atomic E-state index is 13.5. The lowest BCUT2D eigenvalue weighted by atomic mass is 9.85. The van der Waals surface area contributed by atoms with Gasteiger partial charge in [-0.15, -0.1) is 0 Å². The van der Waals surface area contributed by atoms with Gasteiger partial charge in [0.15, 0.2) is 11.8 Å². The van der Waals surface area contributed by atoms with E-state index in [9.17, 15) is 19.8 Å². The SMILES string of the molecule is COc1ccc(C(OC(c2ccccc2)C2(CO)OC(n3ccc(=O)[nH]c3=O)C(O)C2O[Si](c2ccccc2)(c2ccccc2)C(C)(C)C)c2ccc(OC)cc2)cc1. The minimum absolute atomic E-state index is 0.568. The second-order valence-electron chi connectivity index (χ2n) is 15.7. The van der Waals surface area contributed by atoms with E-state index in [0.717, 1.165) is 26.1 Å². The Bertz CT molecular complexity index is 2320. The van der Waals surface area contributed by atoms with E-state index in [1.165, 1.54) is 12.3 Å². The predicted octanol–water partition coefficient (Wildman–Crippen LogP) is 5.67. The third kappa shape index (κ3) is 7.95. The summed E-state index contributed by atoms with van der Waals surface area (Å²) in [6.45, 7) is 5.63. The predicted molar refractivity (Wildman–Crippen MR) is 228 cm³/mol. The molecule has 1 aliphatic heterocycles. The van der Waals surface area contributed by atoms with Crippen LogP contribution in [0, 0.1) is 0 Å². The number of aliphatic hydroxyl groups excluding tert-OH is 2. The summed E-state index contributed by atoms with van der Waals surface area (Å²) in [7, 11) is -0.332. The molecule has 3 N–H and O–H groups in total. The number of H-pyrrole nitrogens is 1. The first-order valence-electron chi connectivity index (χ1n) is 19.5. The molecule has 1 aromatic heterocycles. The Morgan fingerprint density at radius 2 is 1.22 bits per heavy atom. The lowest BCUT2D eigenvalue weighted by Crippen LogP contribution is -2.70. The van der Waals surface area contributed by atoms with Gasteiger partial charge >= 0.3 is 5.69 Å². The molecule has 12 heteroatoms. The first kappa shape index (κ1) is 41.6. The monoisotopic (exact) mass is 814 g/mol. The van der Waals surface area contributed by atoms with Crippen LogP contribution in [-0.2, 0) is 13.9 Å². The van der Waals surface area contributed by atoms with Gasteiger partial charge in [0.2, 0.25) is 0 Å². The van der Waals surface area contributed by atoms with Gasteiger partial charge in [-0.25, -0.2) is 4.79 Å². The van der Waals surface area contributed by atoms with E-state index < -0.39 is 67.5 Å². The first-order chi connectivity index (χ1) is 28.5. The fraction of sp³-hybridized carbons (Fsp3) is 0.277. The molecule has 1 fully saturated rings. The molecule has 5 aromatic carbocycles. The average molecular weight is 815 g/mol. The van der Waals surface area contributed by atoms with Crippen molar-refractivity contribution in [2.45, 2.75) is 62.1 Å². The minimum Gasteiger partial charge on any atom is -0.497 e. The van der Waals surface area contributed by atoms with Crippen LogP contribution in [0.4, 0.5) is 0 Å². The van der Waals surface area contributed by atoms with Gasteiger partial charge in [-0.2, -0.15) is 0 Å². The third-order valence-electron chi connectivity index (χ3n) is 11.2. The van der Waals surface area contributed by atoms with Gasteiger partial charge in [-0.05, 0) is 56.4 Å². The molecule has 0 saturated carbocycles. The van der Waals surface area contributed by atoms with Gasteiger partial charge in [-0.1, -0.05) is 136 Å². The van der Waals surface area contributed by atoms with Crippen LogP contribution in [0.25, 0.3) is 0 Å². The van der Waals surface area contributed by atoms with Crippen molar-refractivity contribution in [2.75, 3.05) is 20.8 Å². The maximum atomic E-state index is 13.5. The van der Waals surface area contributed by atoms with Crippen molar-refractivity contribution in [3.8, 4) is 11.5 Å². The van der Waals surface area contributed by atoms with Crippen molar-refractivity contribution in [2.24, 2.45) is 0 Å². The fourth-order valence-corrected chi connectivity index (χ4v) is 13.0. The van der Waals surface area contributed by atoms with Crippen molar-refractivity contribution >= 4 is 18.7 Å². The van der Waals surface area contributed by atoms with Gasteiger partial charge in [0.05, 0.1) is 20.8 Å². The van der Waals surface area contributed by atoms with Crippen LogP contribution in [-0.4, -0.2) is 66.7 Å². The normalized spacial score (nSPS) is 20.0. The number of rotatable bonds is 14. The highest BCUT2D eigenvalue weighted by Crippen LogP contribution is 2.52. The lowest BCUT2D eigenvalue weighted by molar-refractivity contribution is -0.207. The van der Waals surface area contributed by atoms with Crippen molar-refractivity contribution in [3.63, 3.8) is 0 Å². The van der Waals surface area contributed by atoms with Crippen LogP contribution in [0.3, 0.4) is 0 Å². The highest BCUT2D eigenvalue weighted by Gasteiger charge is 2.65. The Kier molecular flexibility index (Phi) is 12.2. The van der Waals surface area contributed by atoms with Crippen molar-refractivity contribution in [1.82, 2.24) is 9.55 Å². The summed E-state index contributed by atoms with van der Waals surface area (Å²) >= 11 is 0. The van der Waals surface area contributed by atoms with Gasteiger partial charge < -0.3 is 33.6 Å². The minimum atomic E-state index is -3.53. The Balaban J connectivity index is 1.49. The van der Waals surface area contributed by atoms with Crippen LogP contribution >= 0.6 is 0 Å². The summed E-state index contributed by atoms with van der Waals surface area (Å²) in [6.07, 6.45) is -4.97. The number of hydrogen-bond donors (Lipinski definition) is 3. The second-order valence-corrected chi connectivity index (χ2v) is 19.9. The van der Waals surface area contributed by atoms with Gasteiger partial charge in [-0.3, -0.25) is 14.3 Å².